The molecule has 0 amide bonds. The van der Waals surface area contributed by atoms with Crippen LogP contribution in [-0.2, 0) is 0 Å². The number of nitrogens with zero attached hydrogens (tertiary/aromatic N) is 4. The number of benzene rings is 2. The Labute approximate surface area is 211 Å². The van der Waals surface area contributed by atoms with Gasteiger partial charge in [-0.05, 0) is 62.2 Å². The van der Waals surface area contributed by atoms with Gasteiger partial charge in [-0.3, -0.25) is 4.90 Å². The number of nitrogens with one attached hydrogen (secondary N) is 1. The van der Waals surface area contributed by atoms with Crippen LogP contribution in [-0.4, -0.2) is 60.7 Å². The molecule has 1 N–H and O–H groups in total. The minimum Gasteiger partial charge on any atom is -0.497 e. The van der Waals surface area contributed by atoms with Gasteiger partial charge < -0.3 is 15.0 Å². The number of thiophene rings is 1. The molecule has 3 heterocycles. The lowest BCUT2D eigenvalue weighted by atomic mass is 10.1. The molecule has 1 fully saturated rings. The second-order valence-electron chi connectivity index (χ2n) is 9.24. The molecule has 1 aliphatic heterocycles. The van der Waals surface area contributed by atoms with Crippen molar-refractivity contribution in [2.24, 2.45) is 0 Å². The minimum absolute atomic E-state index is 0.512. The lowest BCUT2D eigenvalue weighted by Gasteiger charge is -2.41. The molecule has 2 aromatic heterocycles. The molecule has 35 heavy (non-hydrogen) atoms. The molecule has 1 atom stereocenters. The van der Waals surface area contributed by atoms with Crippen LogP contribution in [0.15, 0.2) is 60.2 Å². The number of aryl methyl sites for hydroxylation is 1. The Balaban J connectivity index is 1.18. The molecule has 6 nitrogen and oxygen atoms in total. The lowest BCUT2D eigenvalue weighted by Crippen LogP contribution is -2.52. The third-order valence-corrected chi connectivity index (χ3v) is 7.65. The molecule has 0 radical (unpaired) electrons. The van der Waals surface area contributed by atoms with Crippen molar-refractivity contribution in [3.05, 3.63) is 65.8 Å². The van der Waals surface area contributed by atoms with Crippen LogP contribution in [0.2, 0.25) is 0 Å². The highest BCUT2D eigenvalue weighted by atomic mass is 32.1. The van der Waals surface area contributed by atoms with Crippen molar-refractivity contribution >= 4 is 33.1 Å². The van der Waals surface area contributed by atoms with Gasteiger partial charge in [0.1, 0.15) is 22.7 Å². The molecule has 182 valence electrons. The Morgan fingerprint density at radius 1 is 1.11 bits per heavy atom. The Morgan fingerprint density at radius 3 is 2.74 bits per heavy atom. The van der Waals surface area contributed by atoms with Crippen LogP contribution in [0.25, 0.3) is 21.3 Å². The Kier molecular flexibility index (Phi) is 7.16. The summed E-state index contributed by atoms with van der Waals surface area (Å²) in [4.78, 5) is 15.2. The van der Waals surface area contributed by atoms with E-state index in [1.807, 2.05) is 12.1 Å². The Morgan fingerprint density at radius 2 is 1.97 bits per heavy atom. The van der Waals surface area contributed by atoms with E-state index in [0.717, 1.165) is 72.1 Å². The molecule has 0 bridgehead atoms. The highest BCUT2D eigenvalue weighted by molar-refractivity contribution is 7.17. The highest BCUT2D eigenvalue weighted by Gasteiger charge is 2.23. The smallest absolute Gasteiger partial charge is 0.138 e. The van der Waals surface area contributed by atoms with Gasteiger partial charge in [-0.25, -0.2) is 9.97 Å². The number of anilines is 2. The van der Waals surface area contributed by atoms with Crippen LogP contribution in [0.1, 0.15) is 18.9 Å². The van der Waals surface area contributed by atoms with E-state index in [4.69, 9.17) is 4.74 Å². The average Bonchev–Trinajstić information content (AvgIpc) is 3.32. The van der Waals surface area contributed by atoms with Crippen LogP contribution in [0.3, 0.4) is 0 Å². The zero-order valence-electron chi connectivity index (χ0n) is 20.7. The van der Waals surface area contributed by atoms with E-state index in [-0.39, 0.29) is 0 Å². The molecule has 0 aliphatic carbocycles. The second kappa shape index (κ2) is 10.6. The van der Waals surface area contributed by atoms with Gasteiger partial charge in [-0.15, -0.1) is 11.3 Å². The molecule has 1 unspecified atom stereocenters. The summed E-state index contributed by atoms with van der Waals surface area (Å²) in [5.41, 5.74) is 4.98. The van der Waals surface area contributed by atoms with E-state index in [0.29, 0.717) is 6.04 Å². The van der Waals surface area contributed by atoms with Gasteiger partial charge >= 0.3 is 0 Å². The number of ether oxygens (including phenoxy) is 1. The summed E-state index contributed by atoms with van der Waals surface area (Å²) >= 11 is 1.66. The largest absolute Gasteiger partial charge is 0.497 e. The fourth-order valence-electron chi connectivity index (χ4n) is 4.93. The van der Waals surface area contributed by atoms with Crippen LogP contribution >= 0.6 is 11.3 Å². The SMILES string of the molecule is COc1ccc(-c2csc3ncnc(NCCCN4CCN(c5cccc(C)c5)C(C)C4)c23)cc1. The molecule has 0 spiro atoms. The molecule has 7 heteroatoms. The maximum atomic E-state index is 5.31. The van der Waals surface area contributed by atoms with E-state index in [9.17, 15) is 0 Å². The number of hydrogen-bond donors (Lipinski definition) is 1. The number of hydrogen-bond acceptors (Lipinski definition) is 7. The second-order valence-corrected chi connectivity index (χ2v) is 10.1. The first-order valence-electron chi connectivity index (χ1n) is 12.3. The normalized spacial score (nSPS) is 16.5. The molecule has 1 saturated heterocycles. The minimum atomic E-state index is 0.512. The number of piperazine rings is 1. The number of methoxy groups -OCH3 is 1. The molecule has 0 saturated carbocycles. The molecule has 4 aromatic rings. The first kappa shape index (κ1) is 23.6. The standard InChI is InChI=1S/C28H33N5OS/c1-20-6-4-7-23(16-20)33-15-14-32(17-21(33)2)13-5-12-29-27-26-25(18-35-28(26)31-19-30-27)22-8-10-24(34-3)11-9-22/h4,6-11,16,18-19,21H,5,12-15,17H2,1-3H3,(H,29,30,31). The van der Waals surface area contributed by atoms with E-state index in [1.54, 1.807) is 24.8 Å². The summed E-state index contributed by atoms with van der Waals surface area (Å²) in [5.74, 6) is 1.77. The van der Waals surface area contributed by atoms with Crippen LogP contribution in [0.4, 0.5) is 11.5 Å². The molecule has 5 rings (SSSR count). The first-order chi connectivity index (χ1) is 17.1. The van der Waals surface area contributed by atoms with Crippen LogP contribution < -0.4 is 15.0 Å². The van der Waals surface area contributed by atoms with Crippen molar-refractivity contribution in [3.63, 3.8) is 0 Å². The summed E-state index contributed by atoms with van der Waals surface area (Å²) in [6.45, 7) is 9.74. The van der Waals surface area contributed by atoms with Crippen LogP contribution in [0.5, 0.6) is 5.75 Å². The van der Waals surface area contributed by atoms with E-state index in [2.05, 4.69) is 80.7 Å². The van der Waals surface area contributed by atoms with Gasteiger partial charge in [-0.2, -0.15) is 0 Å². The van der Waals surface area contributed by atoms with Crippen molar-refractivity contribution in [2.75, 3.05) is 50.1 Å². The number of aromatic nitrogens is 2. The molecule has 2 aromatic carbocycles. The van der Waals surface area contributed by atoms with E-state index < -0.39 is 0 Å². The van der Waals surface area contributed by atoms with Crippen molar-refractivity contribution < 1.29 is 4.74 Å². The topological polar surface area (TPSA) is 53.5 Å². The molecular weight excluding hydrogens is 454 g/mol. The zero-order chi connectivity index (χ0) is 24.2. The van der Waals surface area contributed by atoms with E-state index >= 15 is 0 Å². The third kappa shape index (κ3) is 5.26. The van der Waals surface area contributed by atoms with Gasteiger partial charge in [0, 0.05) is 48.9 Å². The summed E-state index contributed by atoms with van der Waals surface area (Å²) in [5, 5.41) is 6.86. The zero-order valence-corrected chi connectivity index (χ0v) is 21.5. The maximum Gasteiger partial charge on any atom is 0.138 e. The van der Waals surface area contributed by atoms with Gasteiger partial charge in [0.15, 0.2) is 0 Å². The predicted octanol–water partition coefficient (Wildman–Crippen LogP) is 5.69. The van der Waals surface area contributed by atoms with Gasteiger partial charge in [-0.1, -0.05) is 24.3 Å². The molecular formula is C28H33N5OS. The number of rotatable bonds is 8. The number of fused-ring (bicyclic) bond motifs is 1. The third-order valence-electron chi connectivity index (χ3n) is 6.76. The van der Waals surface area contributed by atoms with Crippen molar-refractivity contribution in [1.29, 1.82) is 0 Å². The fraction of sp³-hybridized carbons (Fsp3) is 0.357. The summed E-state index contributed by atoms with van der Waals surface area (Å²) in [6.07, 6.45) is 2.73. The average molecular weight is 488 g/mol. The summed E-state index contributed by atoms with van der Waals surface area (Å²) in [7, 11) is 1.69. The van der Waals surface area contributed by atoms with Crippen molar-refractivity contribution in [1.82, 2.24) is 14.9 Å². The first-order valence-corrected chi connectivity index (χ1v) is 13.2. The Bertz CT molecular complexity index is 1270. The van der Waals surface area contributed by atoms with Crippen molar-refractivity contribution in [2.45, 2.75) is 26.3 Å². The quantitative estimate of drug-likeness (QED) is 0.322. The fourth-order valence-corrected chi connectivity index (χ4v) is 5.84. The molecule has 1 aliphatic rings. The highest BCUT2D eigenvalue weighted by Crippen LogP contribution is 2.37. The van der Waals surface area contributed by atoms with Crippen molar-refractivity contribution in [3.8, 4) is 16.9 Å². The van der Waals surface area contributed by atoms with Gasteiger partial charge in [0.2, 0.25) is 0 Å². The Hall–Kier alpha value is -3.16. The van der Waals surface area contributed by atoms with E-state index in [1.165, 1.54) is 11.3 Å². The summed E-state index contributed by atoms with van der Waals surface area (Å²) in [6, 6.07) is 17.5. The monoisotopic (exact) mass is 487 g/mol. The van der Waals surface area contributed by atoms with Gasteiger partial charge in [0.25, 0.3) is 0 Å². The summed E-state index contributed by atoms with van der Waals surface area (Å²) < 4.78 is 5.31. The predicted molar refractivity (Wildman–Crippen MR) is 147 cm³/mol. The van der Waals surface area contributed by atoms with Gasteiger partial charge in [0.05, 0.1) is 12.5 Å². The lowest BCUT2D eigenvalue weighted by molar-refractivity contribution is 0.228. The maximum absolute atomic E-state index is 5.31. The van der Waals surface area contributed by atoms with Crippen LogP contribution in [0, 0.1) is 6.92 Å².